The Labute approximate surface area is 142 Å². The maximum absolute atomic E-state index is 10.0. The van der Waals surface area contributed by atoms with Gasteiger partial charge >= 0.3 is 0 Å². The summed E-state index contributed by atoms with van der Waals surface area (Å²) in [6.45, 7) is 5.03. The molecule has 1 nitrogen and oxygen atoms in total. The maximum Gasteiger partial charge on any atom is 0.0577 e. The van der Waals surface area contributed by atoms with Crippen LogP contribution in [0.3, 0.4) is 0 Å². The molecule has 1 N–H and O–H groups in total. The number of rotatable bonds is 0. The van der Waals surface area contributed by atoms with Crippen molar-refractivity contribution in [3.63, 3.8) is 0 Å². The number of hydrogen-bond acceptors (Lipinski definition) is 1. The topological polar surface area (TPSA) is 20.2 Å². The Bertz CT molecular complexity index is 522. The van der Waals surface area contributed by atoms with E-state index in [1.807, 2.05) is 0 Å². The van der Waals surface area contributed by atoms with E-state index in [0.717, 1.165) is 30.6 Å². The summed E-state index contributed by atoms with van der Waals surface area (Å²) in [5.74, 6) is 2.60. The fourth-order valence-electron chi connectivity index (χ4n) is 6.16. The van der Waals surface area contributed by atoms with Gasteiger partial charge in [-0.3, -0.25) is 0 Å². The number of halogens is 1. The summed E-state index contributed by atoms with van der Waals surface area (Å²) in [7, 11) is 0. The van der Waals surface area contributed by atoms with Gasteiger partial charge in [0.2, 0.25) is 0 Å². The molecule has 0 aromatic heterocycles. The van der Waals surface area contributed by atoms with E-state index in [4.69, 9.17) is 0 Å². The highest BCUT2D eigenvalue weighted by molar-refractivity contribution is 14.1. The Kier molecular flexibility index (Phi) is 3.39. The first-order chi connectivity index (χ1) is 9.95. The van der Waals surface area contributed by atoms with Gasteiger partial charge in [-0.05, 0) is 94.3 Å². The molecule has 0 spiro atoms. The molecule has 0 aromatic carbocycles. The minimum absolute atomic E-state index is 0.0798. The quantitative estimate of drug-likeness (QED) is 0.437. The lowest BCUT2D eigenvalue weighted by atomic mass is 9.48. The molecule has 4 rings (SSSR count). The van der Waals surface area contributed by atoms with Crippen molar-refractivity contribution >= 4 is 22.6 Å². The van der Waals surface area contributed by atoms with Crippen LogP contribution in [0.5, 0.6) is 0 Å². The lowest BCUT2D eigenvalue weighted by Crippen LogP contribution is -2.49. The lowest BCUT2D eigenvalue weighted by Gasteiger charge is -2.57. The Hall–Kier alpha value is 0.170. The summed E-state index contributed by atoms with van der Waals surface area (Å²) in [4.78, 5) is 0. The van der Waals surface area contributed by atoms with E-state index in [1.54, 1.807) is 9.15 Å². The minimum atomic E-state index is -0.0798. The molecule has 2 fully saturated rings. The van der Waals surface area contributed by atoms with Gasteiger partial charge in [-0.1, -0.05) is 31.6 Å². The molecule has 0 amide bonds. The van der Waals surface area contributed by atoms with E-state index in [1.165, 1.54) is 32.1 Å². The SMILES string of the molecule is C[C@]12CC[C@H](O)CC1=CC[C@@H]1C2CC[C@]2(C)C(I)=CC[C@@H]12. The number of hydrogen-bond donors (Lipinski definition) is 1. The molecule has 2 saturated carbocycles. The van der Waals surface area contributed by atoms with Crippen molar-refractivity contribution in [3.8, 4) is 0 Å². The lowest BCUT2D eigenvalue weighted by molar-refractivity contribution is -0.0268. The predicted octanol–water partition coefficient (Wildman–Crippen LogP) is 5.24. The zero-order valence-electron chi connectivity index (χ0n) is 13.2. The average Bonchev–Trinajstić information content (AvgIpc) is 2.76. The van der Waals surface area contributed by atoms with Crippen LogP contribution in [0.2, 0.25) is 0 Å². The van der Waals surface area contributed by atoms with Crippen molar-refractivity contribution in [1.82, 2.24) is 0 Å². The number of aliphatic hydroxyl groups excluding tert-OH is 1. The van der Waals surface area contributed by atoms with E-state index >= 15 is 0 Å². The molecular weight excluding hydrogens is 371 g/mol. The van der Waals surface area contributed by atoms with Crippen LogP contribution in [-0.4, -0.2) is 11.2 Å². The van der Waals surface area contributed by atoms with Gasteiger partial charge in [-0.25, -0.2) is 0 Å². The van der Waals surface area contributed by atoms with Gasteiger partial charge in [0, 0.05) is 5.41 Å². The third-order valence-electron chi connectivity index (χ3n) is 7.56. The van der Waals surface area contributed by atoms with Gasteiger partial charge in [0.25, 0.3) is 0 Å². The van der Waals surface area contributed by atoms with Gasteiger partial charge in [-0.15, -0.1) is 0 Å². The van der Waals surface area contributed by atoms with Crippen molar-refractivity contribution < 1.29 is 5.11 Å². The molecule has 4 aliphatic rings. The Morgan fingerprint density at radius 3 is 2.62 bits per heavy atom. The largest absolute Gasteiger partial charge is 0.393 e. The van der Waals surface area contributed by atoms with Crippen molar-refractivity contribution in [2.75, 3.05) is 0 Å². The second kappa shape index (κ2) is 4.83. The van der Waals surface area contributed by atoms with Crippen LogP contribution in [0.25, 0.3) is 0 Å². The summed E-state index contributed by atoms with van der Waals surface area (Å²) >= 11 is 2.60. The van der Waals surface area contributed by atoms with Gasteiger partial charge in [-0.2, -0.15) is 0 Å². The Balaban J connectivity index is 1.68. The fraction of sp³-hybridized carbons (Fsp3) is 0.789. The van der Waals surface area contributed by atoms with Crippen LogP contribution in [0.4, 0.5) is 0 Å². The van der Waals surface area contributed by atoms with E-state index in [2.05, 4.69) is 48.6 Å². The highest BCUT2D eigenvalue weighted by Gasteiger charge is 2.56. The van der Waals surface area contributed by atoms with Crippen molar-refractivity contribution in [2.24, 2.45) is 28.6 Å². The molecule has 0 saturated heterocycles. The molecule has 0 bridgehead atoms. The molecule has 6 atom stereocenters. The number of allylic oxidation sites excluding steroid dienone is 3. The van der Waals surface area contributed by atoms with Crippen molar-refractivity contribution in [3.05, 3.63) is 21.3 Å². The summed E-state index contributed by atoms with van der Waals surface area (Å²) in [5, 5.41) is 10.0. The van der Waals surface area contributed by atoms with Gasteiger partial charge in [0.05, 0.1) is 6.10 Å². The van der Waals surface area contributed by atoms with Gasteiger partial charge in [0.15, 0.2) is 0 Å². The fourth-order valence-corrected chi connectivity index (χ4v) is 7.08. The highest BCUT2D eigenvalue weighted by Crippen LogP contribution is 2.65. The van der Waals surface area contributed by atoms with Crippen LogP contribution in [0.1, 0.15) is 58.8 Å². The smallest absolute Gasteiger partial charge is 0.0577 e. The van der Waals surface area contributed by atoms with Crippen LogP contribution < -0.4 is 0 Å². The van der Waals surface area contributed by atoms with Gasteiger partial charge in [0.1, 0.15) is 0 Å². The van der Waals surface area contributed by atoms with Crippen molar-refractivity contribution in [1.29, 1.82) is 0 Å². The molecule has 21 heavy (non-hydrogen) atoms. The third-order valence-corrected chi connectivity index (χ3v) is 9.24. The number of fused-ring (bicyclic) bond motifs is 5. The summed E-state index contributed by atoms with van der Waals surface area (Å²) in [6, 6.07) is 0. The normalized spacial score (nSPS) is 52.4. The predicted molar refractivity (Wildman–Crippen MR) is 95.2 cm³/mol. The zero-order chi connectivity index (χ0) is 14.8. The molecule has 1 unspecified atom stereocenters. The second-order valence-corrected chi connectivity index (χ2v) is 9.56. The van der Waals surface area contributed by atoms with Crippen LogP contribution in [0.15, 0.2) is 21.3 Å². The third kappa shape index (κ3) is 1.97. The van der Waals surface area contributed by atoms with Gasteiger partial charge < -0.3 is 5.11 Å². The molecule has 0 heterocycles. The molecule has 0 radical (unpaired) electrons. The van der Waals surface area contributed by atoms with E-state index in [9.17, 15) is 5.11 Å². The molecule has 0 aromatic rings. The number of aliphatic hydroxyl groups is 1. The standard InChI is InChI=1S/C19H27IO/c1-18-9-7-13(21)11-12(18)3-4-14-15-5-6-17(20)19(15,2)10-8-16(14)18/h3,6,13-16,21H,4-5,7-11H2,1-2H3/t13-,14-,15-,16?,18-,19-/m0/s1. The highest BCUT2D eigenvalue weighted by atomic mass is 127. The average molecular weight is 398 g/mol. The van der Waals surface area contributed by atoms with E-state index < -0.39 is 0 Å². The minimum Gasteiger partial charge on any atom is -0.393 e. The first kappa shape index (κ1) is 14.7. The summed E-state index contributed by atoms with van der Waals surface area (Å²) in [5.41, 5.74) is 2.45. The molecule has 2 heteroatoms. The van der Waals surface area contributed by atoms with E-state index in [-0.39, 0.29) is 6.10 Å². The summed E-state index contributed by atoms with van der Waals surface area (Å²) in [6.07, 6.45) is 13.4. The Morgan fingerprint density at radius 2 is 1.81 bits per heavy atom. The Morgan fingerprint density at radius 1 is 1.05 bits per heavy atom. The first-order valence-electron chi connectivity index (χ1n) is 8.69. The second-order valence-electron chi connectivity index (χ2n) is 8.40. The molecule has 4 aliphatic carbocycles. The summed E-state index contributed by atoms with van der Waals surface area (Å²) < 4.78 is 1.63. The maximum atomic E-state index is 10.0. The van der Waals surface area contributed by atoms with Crippen LogP contribution in [0, 0.1) is 28.6 Å². The van der Waals surface area contributed by atoms with Crippen molar-refractivity contribution in [2.45, 2.75) is 64.9 Å². The zero-order valence-corrected chi connectivity index (χ0v) is 15.4. The first-order valence-corrected chi connectivity index (χ1v) is 9.77. The molecular formula is C19H27IO. The monoisotopic (exact) mass is 398 g/mol. The van der Waals surface area contributed by atoms with E-state index in [0.29, 0.717) is 10.8 Å². The molecule has 116 valence electrons. The van der Waals surface area contributed by atoms with Crippen LogP contribution >= 0.6 is 22.6 Å². The van der Waals surface area contributed by atoms with Crippen LogP contribution in [-0.2, 0) is 0 Å². The molecule has 0 aliphatic heterocycles.